The number of piperidine rings is 1. The Balaban J connectivity index is 1.75. The van der Waals surface area contributed by atoms with Crippen LogP contribution in [0.2, 0.25) is 0 Å². The molecule has 0 aromatic rings. The minimum Gasteiger partial charge on any atom is -0.311 e. The van der Waals surface area contributed by atoms with Crippen LogP contribution in [0.5, 0.6) is 0 Å². The Hall–Kier alpha value is -0.130. The third-order valence-electron chi connectivity index (χ3n) is 4.00. The molecule has 0 amide bonds. The molecule has 100 valence electrons. The fourth-order valence-electron chi connectivity index (χ4n) is 2.96. The number of nitrogens with zero attached hydrogens (tertiary/aromatic N) is 1. The molecule has 1 heterocycles. The molecule has 0 aromatic carbocycles. The molecule has 2 fully saturated rings. The van der Waals surface area contributed by atoms with Crippen LogP contribution in [-0.4, -0.2) is 44.2 Å². The molecule has 1 N–H and O–H groups in total. The van der Waals surface area contributed by atoms with E-state index in [0.717, 1.165) is 12.8 Å². The molecule has 4 nitrogen and oxygen atoms in total. The number of sulfonamides is 1. The molecule has 1 aliphatic carbocycles. The summed E-state index contributed by atoms with van der Waals surface area (Å²) in [4.78, 5) is 0. The van der Waals surface area contributed by atoms with E-state index in [4.69, 9.17) is 0 Å². The van der Waals surface area contributed by atoms with Gasteiger partial charge in [-0.2, -0.15) is 0 Å². The van der Waals surface area contributed by atoms with Gasteiger partial charge in [0.05, 0.1) is 6.26 Å². The Morgan fingerprint density at radius 3 is 2.00 bits per heavy atom. The molecule has 0 radical (unpaired) electrons. The molecule has 2 rings (SSSR count). The van der Waals surface area contributed by atoms with Gasteiger partial charge in [-0.05, 0) is 25.7 Å². The van der Waals surface area contributed by atoms with Crippen molar-refractivity contribution in [2.45, 2.75) is 57.0 Å². The maximum absolute atomic E-state index is 11.4. The van der Waals surface area contributed by atoms with Gasteiger partial charge in [0.2, 0.25) is 10.0 Å². The van der Waals surface area contributed by atoms with Crippen LogP contribution in [0.15, 0.2) is 0 Å². The Labute approximate surface area is 105 Å². The van der Waals surface area contributed by atoms with Crippen LogP contribution >= 0.6 is 0 Å². The number of nitrogens with one attached hydrogen (secondary N) is 1. The van der Waals surface area contributed by atoms with Gasteiger partial charge in [-0.3, -0.25) is 0 Å². The summed E-state index contributed by atoms with van der Waals surface area (Å²) in [6.45, 7) is 1.37. The van der Waals surface area contributed by atoms with Crippen molar-refractivity contribution < 1.29 is 8.42 Å². The lowest BCUT2D eigenvalue weighted by atomic mass is 9.94. The molecule has 0 atom stereocenters. The van der Waals surface area contributed by atoms with Crippen LogP contribution in [0.1, 0.15) is 44.9 Å². The van der Waals surface area contributed by atoms with E-state index in [-0.39, 0.29) is 0 Å². The standard InChI is InChI=1S/C12H24N2O2S/c1-17(15,16)14-9-7-12(8-10-14)13-11-5-3-2-4-6-11/h11-13H,2-10H2,1H3. The van der Waals surface area contributed by atoms with Crippen LogP contribution < -0.4 is 5.32 Å². The molecule has 0 spiro atoms. The zero-order chi connectivity index (χ0) is 12.3. The average Bonchev–Trinajstić information content (AvgIpc) is 2.30. The summed E-state index contributed by atoms with van der Waals surface area (Å²) in [5.74, 6) is 0. The van der Waals surface area contributed by atoms with E-state index in [1.807, 2.05) is 0 Å². The summed E-state index contributed by atoms with van der Waals surface area (Å²) in [7, 11) is -2.98. The molecule has 17 heavy (non-hydrogen) atoms. The molecule has 1 saturated carbocycles. The highest BCUT2D eigenvalue weighted by atomic mass is 32.2. The monoisotopic (exact) mass is 260 g/mol. The van der Waals surface area contributed by atoms with Crippen molar-refractivity contribution >= 4 is 10.0 Å². The Morgan fingerprint density at radius 2 is 1.47 bits per heavy atom. The molecular formula is C12H24N2O2S. The van der Waals surface area contributed by atoms with Crippen LogP contribution in [0.4, 0.5) is 0 Å². The van der Waals surface area contributed by atoms with Crippen molar-refractivity contribution in [3.63, 3.8) is 0 Å². The first-order chi connectivity index (χ1) is 8.05. The molecular weight excluding hydrogens is 236 g/mol. The van der Waals surface area contributed by atoms with Crippen molar-refractivity contribution in [3.05, 3.63) is 0 Å². The van der Waals surface area contributed by atoms with Gasteiger partial charge in [-0.1, -0.05) is 19.3 Å². The summed E-state index contributed by atoms with van der Waals surface area (Å²) < 4.78 is 24.4. The SMILES string of the molecule is CS(=O)(=O)N1CCC(NC2CCCCC2)CC1. The van der Waals surface area contributed by atoms with Gasteiger partial charge in [0.1, 0.15) is 0 Å². The van der Waals surface area contributed by atoms with Gasteiger partial charge >= 0.3 is 0 Å². The zero-order valence-corrected chi connectivity index (χ0v) is 11.5. The molecule has 1 aliphatic heterocycles. The second-order valence-electron chi connectivity index (χ2n) is 5.44. The fraction of sp³-hybridized carbons (Fsp3) is 1.00. The van der Waals surface area contributed by atoms with E-state index in [2.05, 4.69) is 5.32 Å². The molecule has 2 aliphatic rings. The number of hydrogen-bond acceptors (Lipinski definition) is 3. The second kappa shape index (κ2) is 5.67. The van der Waals surface area contributed by atoms with Crippen LogP contribution in [0.3, 0.4) is 0 Å². The molecule has 0 bridgehead atoms. The smallest absolute Gasteiger partial charge is 0.211 e. The second-order valence-corrected chi connectivity index (χ2v) is 7.42. The first kappa shape index (κ1) is 13.3. The first-order valence-corrected chi connectivity index (χ1v) is 8.62. The van der Waals surface area contributed by atoms with Crippen molar-refractivity contribution in [2.24, 2.45) is 0 Å². The highest BCUT2D eigenvalue weighted by molar-refractivity contribution is 7.88. The van der Waals surface area contributed by atoms with Crippen molar-refractivity contribution in [1.29, 1.82) is 0 Å². The maximum Gasteiger partial charge on any atom is 0.211 e. The van der Waals surface area contributed by atoms with Gasteiger partial charge in [0.15, 0.2) is 0 Å². The average molecular weight is 260 g/mol. The van der Waals surface area contributed by atoms with Crippen molar-refractivity contribution in [1.82, 2.24) is 9.62 Å². The highest BCUT2D eigenvalue weighted by Crippen LogP contribution is 2.20. The molecule has 0 unspecified atom stereocenters. The quantitative estimate of drug-likeness (QED) is 0.833. The summed E-state index contributed by atoms with van der Waals surface area (Å²) in [5.41, 5.74) is 0. The highest BCUT2D eigenvalue weighted by Gasteiger charge is 2.26. The van der Waals surface area contributed by atoms with E-state index in [1.165, 1.54) is 38.4 Å². The largest absolute Gasteiger partial charge is 0.311 e. The lowest BCUT2D eigenvalue weighted by Gasteiger charge is -2.34. The minimum absolute atomic E-state index is 0.524. The van der Waals surface area contributed by atoms with Gasteiger partial charge in [-0.15, -0.1) is 0 Å². The summed E-state index contributed by atoms with van der Waals surface area (Å²) >= 11 is 0. The topological polar surface area (TPSA) is 49.4 Å². The third kappa shape index (κ3) is 3.93. The van der Waals surface area contributed by atoms with Gasteiger partial charge < -0.3 is 5.32 Å². The molecule has 1 saturated heterocycles. The van der Waals surface area contributed by atoms with Crippen LogP contribution in [0.25, 0.3) is 0 Å². The van der Waals surface area contributed by atoms with E-state index < -0.39 is 10.0 Å². The molecule has 0 aromatic heterocycles. The number of rotatable bonds is 3. The predicted molar refractivity (Wildman–Crippen MR) is 69.4 cm³/mol. The van der Waals surface area contributed by atoms with E-state index in [1.54, 1.807) is 4.31 Å². The van der Waals surface area contributed by atoms with Crippen molar-refractivity contribution in [2.75, 3.05) is 19.3 Å². The Kier molecular flexibility index (Phi) is 4.44. The normalized spacial score (nSPS) is 26.2. The fourth-order valence-corrected chi connectivity index (χ4v) is 3.83. The van der Waals surface area contributed by atoms with E-state index in [9.17, 15) is 8.42 Å². The Morgan fingerprint density at radius 1 is 0.941 bits per heavy atom. The van der Waals surface area contributed by atoms with E-state index in [0.29, 0.717) is 25.2 Å². The summed E-state index contributed by atoms with van der Waals surface area (Å²) in [6, 6.07) is 1.20. The minimum atomic E-state index is -2.98. The van der Waals surface area contributed by atoms with Crippen molar-refractivity contribution in [3.8, 4) is 0 Å². The maximum atomic E-state index is 11.4. The Bertz CT molecular complexity index is 328. The van der Waals surface area contributed by atoms with E-state index >= 15 is 0 Å². The lowest BCUT2D eigenvalue weighted by molar-refractivity contribution is 0.253. The molecule has 5 heteroatoms. The lowest BCUT2D eigenvalue weighted by Crippen LogP contribution is -2.47. The van der Waals surface area contributed by atoms with Crippen LogP contribution in [-0.2, 0) is 10.0 Å². The van der Waals surface area contributed by atoms with Gasteiger partial charge in [-0.25, -0.2) is 12.7 Å². The van der Waals surface area contributed by atoms with Crippen LogP contribution in [0, 0.1) is 0 Å². The zero-order valence-electron chi connectivity index (χ0n) is 10.7. The predicted octanol–water partition coefficient (Wildman–Crippen LogP) is 1.33. The summed E-state index contributed by atoms with van der Waals surface area (Å²) in [6.07, 6.45) is 9.90. The number of hydrogen-bond donors (Lipinski definition) is 1. The third-order valence-corrected chi connectivity index (χ3v) is 5.30. The van der Waals surface area contributed by atoms with Gasteiger partial charge in [0.25, 0.3) is 0 Å². The first-order valence-electron chi connectivity index (χ1n) is 6.77. The summed E-state index contributed by atoms with van der Waals surface area (Å²) in [5, 5.41) is 3.71. The van der Waals surface area contributed by atoms with Gasteiger partial charge in [0, 0.05) is 25.2 Å².